The number of amides is 1. The van der Waals surface area contributed by atoms with Gasteiger partial charge in [0, 0.05) is 31.4 Å². The third-order valence-corrected chi connectivity index (χ3v) is 4.36. The summed E-state index contributed by atoms with van der Waals surface area (Å²) in [5, 5.41) is 11.8. The van der Waals surface area contributed by atoms with Crippen LogP contribution in [0, 0.1) is 12.3 Å². The minimum atomic E-state index is -0.254. The topological polar surface area (TPSA) is 95.1 Å². The number of anilines is 1. The van der Waals surface area contributed by atoms with E-state index in [-0.39, 0.29) is 17.8 Å². The Labute approximate surface area is 141 Å². The van der Waals surface area contributed by atoms with Crippen molar-refractivity contribution < 1.29 is 4.79 Å². The molecule has 6 heteroatoms. The van der Waals surface area contributed by atoms with E-state index in [0.717, 1.165) is 48.2 Å². The van der Waals surface area contributed by atoms with E-state index in [4.69, 9.17) is 16.1 Å². The molecule has 1 fully saturated rings. The molecule has 1 aromatic carbocycles. The fourth-order valence-corrected chi connectivity index (χ4v) is 3.07. The lowest BCUT2D eigenvalue weighted by Gasteiger charge is -2.32. The van der Waals surface area contributed by atoms with Crippen LogP contribution in [0.15, 0.2) is 24.3 Å². The molecule has 6 nitrogen and oxygen atoms in total. The second-order valence-corrected chi connectivity index (χ2v) is 6.44. The van der Waals surface area contributed by atoms with Crippen LogP contribution in [0.3, 0.4) is 0 Å². The van der Waals surface area contributed by atoms with Crippen LogP contribution in [0.2, 0.25) is 0 Å². The summed E-state index contributed by atoms with van der Waals surface area (Å²) in [4.78, 5) is 18.3. The minimum absolute atomic E-state index is 0.0864. The zero-order valence-electron chi connectivity index (χ0n) is 14.1. The Kier molecular flexibility index (Phi) is 4.49. The SMILES string of the molecule is CC(=O)NC(=N)c1cc2cc(C)ccc2nc1N1CCC(N)CC1. The molecule has 0 radical (unpaired) electrons. The zero-order chi connectivity index (χ0) is 17.3. The summed E-state index contributed by atoms with van der Waals surface area (Å²) in [6.45, 7) is 5.06. The Morgan fingerprint density at radius 2 is 2.04 bits per heavy atom. The van der Waals surface area contributed by atoms with Crippen LogP contribution in [-0.2, 0) is 4.79 Å². The third kappa shape index (κ3) is 3.38. The molecule has 1 amide bonds. The highest BCUT2D eigenvalue weighted by Gasteiger charge is 2.22. The largest absolute Gasteiger partial charge is 0.356 e. The van der Waals surface area contributed by atoms with E-state index in [0.29, 0.717) is 5.56 Å². The van der Waals surface area contributed by atoms with E-state index in [1.165, 1.54) is 6.92 Å². The summed E-state index contributed by atoms with van der Waals surface area (Å²) in [6.07, 6.45) is 1.81. The highest BCUT2D eigenvalue weighted by atomic mass is 16.1. The van der Waals surface area contributed by atoms with Gasteiger partial charge in [0.05, 0.1) is 11.1 Å². The molecule has 0 unspecified atom stereocenters. The predicted molar refractivity (Wildman–Crippen MR) is 96.5 cm³/mol. The van der Waals surface area contributed by atoms with Gasteiger partial charge in [-0.2, -0.15) is 0 Å². The van der Waals surface area contributed by atoms with Crippen molar-refractivity contribution in [1.29, 1.82) is 5.41 Å². The second-order valence-electron chi connectivity index (χ2n) is 6.44. The van der Waals surface area contributed by atoms with Crippen LogP contribution in [0.4, 0.5) is 5.82 Å². The second kappa shape index (κ2) is 6.57. The van der Waals surface area contributed by atoms with E-state index in [1.54, 1.807) is 0 Å². The molecule has 0 aliphatic carbocycles. The molecule has 1 aliphatic heterocycles. The molecule has 0 bridgehead atoms. The smallest absolute Gasteiger partial charge is 0.222 e. The lowest BCUT2D eigenvalue weighted by molar-refractivity contribution is -0.117. The van der Waals surface area contributed by atoms with Gasteiger partial charge in [0.15, 0.2) is 0 Å². The highest BCUT2D eigenvalue weighted by Crippen LogP contribution is 2.26. The number of benzene rings is 1. The van der Waals surface area contributed by atoms with Crippen LogP contribution < -0.4 is 16.0 Å². The van der Waals surface area contributed by atoms with Crippen LogP contribution in [-0.4, -0.2) is 35.9 Å². The number of nitrogens with one attached hydrogen (secondary N) is 2. The van der Waals surface area contributed by atoms with Crippen molar-refractivity contribution in [3.8, 4) is 0 Å². The van der Waals surface area contributed by atoms with Gasteiger partial charge in [-0.15, -0.1) is 0 Å². The van der Waals surface area contributed by atoms with Crippen LogP contribution >= 0.6 is 0 Å². The van der Waals surface area contributed by atoms with Crippen LogP contribution in [0.1, 0.15) is 30.9 Å². The monoisotopic (exact) mass is 325 g/mol. The number of nitrogens with zero attached hydrogens (tertiary/aromatic N) is 2. The van der Waals surface area contributed by atoms with Crippen molar-refractivity contribution in [3.05, 3.63) is 35.4 Å². The number of amidine groups is 1. The molecule has 3 rings (SSSR count). The molecule has 24 heavy (non-hydrogen) atoms. The van der Waals surface area contributed by atoms with Gasteiger partial charge in [0.2, 0.25) is 5.91 Å². The number of fused-ring (bicyclic) bond motifs is 1. The Morgan fingerprint density at radius 3 is 2.71 bits per heavy atom. The molecule has 0 spiro atoms. The molecular weight excluding hydrogens is 302 g/mol. The van der Waals surface area contributed by atoms with Gasteiger partial charge in [-0.3, -0.25) is 10.2 Å². The predicted octanol–water partition coefficient (Wildman–Crippen LogP) is 1.93. The Balaban J connectivity index is 2.08. The molecular formula is C18H23N5O. The van der Waals surface area contributed by atoms with Crippen molar-refractivity contribution >= 4 is 28.5 Å². The first kappa shape index (κ1) is 16.4. The van der Waals surface area contributed by atoms with E-state index in [1.807, 2.05) is 31.2 Å². The van der Waals surface area contributed by atoms with Gasteiger partial charge >= 0.3 is 0 Å². The first-order chi connectivity index (χ1) is 11.4. The van der Waals surface area contributed by atoms with Crippen molar-refractivity contribution in [3.63, 3.8) is 0 Å². The van der Waals surface area contributed by atoms with Gasteiger partial charge in [0.25, 0.3) is 0 Å². The van der Waals surface area contributed by atoms with Crippen molar-refractivity contribution in [2.45, 2.75) is 32.7 Å². The Bertz CT molecular complexity index is 793. The van der Waals surface area contributed by atoms with E-state index in [9.17, 15) is 4.79 Å². The van der Waals surface area contributed by atoms with Gasteiger partial charge in [0.1, 0.15) is 11.7 Å². The van der Waals surface area contributed by atoms with Crippen molar-refractivity contribution in [2.75, 3.05) is 18.0 Å². The molecule has 1 aliphatic rings. The normalized spacial score (nSPS) is 15.5. The molecule has 0 atom stereocenters. The van der Waals surface area contributed by atoms with E-state index >= 15 is 0 Å². The van der Waals surface area contributed by atoms with Gasteiger partial charge < -0.3 is 16.0 Å². The molecule has 1 saturated heterocycles. The summed E-state index contributed by atoms with van der Waals surface area (Å²) in [7, 11) is 0. The fraction of sp³-hybridized carbons (Fsp3) is 0.389. The van der Waals surface area contributed by atoms with Crippen LogP contribution in [0.25, 0.3) is 10.9 Å². The summed E-state index contributed by atoms with van der Waals surface area (Å²) in [5.41, 5.74) is 8.68. The Hall–Kier alpha value is -2.47. The first-order valence-corrected chi connectivity index (χ1v) is 8.22. The quantitative estimate of drug-likeness (QED) is 0.581. The van der Waals surface area contributed by atoms with Crippen molar-refractivity contribution in [2.24, 2.45) is 5.73 Å². The Morgan fingerprint density at radius 1 is 1.33 bits per heavy atom. The number of aromatic nitrogens is 1. The van der Waals surface area contributed by atoms with Gasteiger partial charge in [-0.05, 0) is 38.0 Å². The number of nitrogens with two attached hydrogens (primary N) is 1. The molecule has 2 heterocycles. The number of aryl methyl sites for hydroxylation is 1. The molecule has 1 aromatic heterocycles. The minimum Gasteiger partial charge on any atom is -0.356 e. The standard InChI is InChI=1S/C18H23N5O/c1-11-3-4-16-13(9-11)10-15(17(20)21-12(2)24)18(22-16)23-7-5-14(19)6-8-23/h3-4,9-10,14H,5-8,19H2,1-2H3,(H2,20,21,24). The molecule has 4 N–H and O–H groups in total. The number of hydrogen-bond donors (Lipinski definition) is 3. The number of rotatable bonds is 2. The summed E-state index contributed by atoms with van der Waals surface area (Å²) < 4.78 is 0. The number of pyridine rings is 1. The zero-order valence-corrected chi connectivity index (χ0v) is 14.1. The van der Waals surface area contributed by atoms with E-state index < -0.39 is 0 Å². The average molecular weight is 325 g/mol. The fourth-order valence-electron chi connectivity index (χ4n) is 3.07. The molecule has 2 aromatic rings. The molecule has 0 saturated carbocycles. The summed E-state index contributed by atoms with van der Waals surface area (Å²) in [5.74, 6) is 0.580. The third-order valence-electron chi connectivity index (χ3n) is 4.36. The number of piperidine rings is 1. The van der Waals surface area contributed by atoms with E-state index in [2.05, 4.69) is 10.2 Å². The first-order valence-electron chi connectivity index (χ1n) is 8.22. The molecule has 126 valence electrons. The van der Waals surface area contributed by atoms with Crippen LogP contribution in [0.5, 0.6) is 0 Å². The lowest BCUT2D eigenvalue weighted by Crippen LogP contribution is -2.41. The summed E-state index contributed by atoms with van der Waals surface area (Å²) >= 11 is 0. The summed E-state index contributed by atoms with van der Waals surface area (Å²) in [6, 6.07) is 8.24. The lowest BCUT2D eigenvalue weighted by atomic mass is 10.0. The number of carbonyl (C=O) groups excluding carboxylic acids is 1. The average Bonchev–Trinajstić information content (AvgIpc) is 2.53. The number of hydrogen-bond acceptors (Lipinski definition) is 5. The van der Waals surface area contributed by atoms with Crippen molar-refractivity contribution in [1.82, 2.24) is 10.3 Å². The van der Waals surface area contributed by atoms with Gasteiger partial charge in [-0.25, -0.2) is 4.98 Å². The maximum atomic E-state index is 11.4. The maximum absolute atomic E-state index is 11.4. The highest BCUT2D eigenvalue weighted by molar-refractivity contribution is 6.10. The maximum Gasteiger partial charge on any atom is 0.222 e. The van der Waals surface area contributed by atoms with Gasteiger partial charge in [-0.1, -0.05) is 11.6 Å². The number of carbonyl (C=O) groups is 1.